The third-order valence-electron chi connectivity index (χ3n) is 5.61. The van der Waals surface area contributed by atoms with Crippen LogP contribution in [-0.4, -0.2) is 43.2 Å². The molecule has 0 saturated carbocycles. The van der Waals surface area contributed by atoms with E-state index in [2.05, 4.69) is 15.1 Å². The Labute approximate surface area is 192 Å². The molecule has 1 heterocycles. The van der Waals surface area contributed by atoms with E-state index < -0.39 is 5.97 Å². The highest BCUT2D eigenvalue weighted by molar-refractivity contribution is 6.30. The lowest BCUT2D eigenvalue weighted by Crippen LogP contribution is -2.46. The molecule has 32 heavy (non-hydrogen) atoms. The predicted octanol–water partition coefficient (Wildman–Crippen LogP) is 4.93. The number of carboxylic acids is 1. The molecule has 4 rings (SSSR count). The van der Waals surface area contributed by atoms with Crippen LogP contribution in [0.2, 0.25) is 5.02 Å². The van der Waals surface area contributed by atoms with Gasteiger partial charge in [0.05, 0.1) is 11.3 Å². The molecule has 1 saturated heterocycles. The Balaban J connectivity index is 1.48. The number of carbonyl (C=O) groups excluding carboxylic acids is 1. The van der Waals surface area contributed by atoms with E-state index in [0.29, 0.717) is 10.6 Å². The van der Waals surface area contributed by atoms with Gasteiger partial charge in [-0.3, -0.25) is 4.79 Å². The molecule has 0 atom stereocenters. The zero-order chi connectivity index (χ0) is 22.7. The lowest BCUT2D eigenvalue weighted by atomic mass is 10.1. The highest BCUT2D eigenvalue weighted by atomic mass is 35.5. The average Bonchev–Trinajstić information content (AvgIpc) is 2.80. The van der Waals surface area contributed by atoms with Crippen molar-refractivity contribution in [2.75, 3.05) is 41.3 Å². The van der Waals surface area contributed by atoms with Crippen LogP contribution in [0.15, 0.2) is 66.7 Å². The van der Waals surface area contributed by atoms with Crippen molar-refractivity contribution in [3.8, 4) is 0 Å². The summed E-state index contributed by atoms with van der Waals surface area (Å²) in [6, 6.07) is 20.1. The van der Waals surface area contributed by atoms with Crippen molar-refractivity contribution in [3.05, 3.63) is 88.4 Å². The van der Waals surface area contributed by atoms with Crippen LogP contribution in [0.1, 0.15) is 26.3 Å². The van der Waals surface area contributed by atoms with Crippen LogP contribution in [0.25, 0.3) is 0 Å². The second kappa shape index (κ2) is 9.32. The molecule has 3 aromatic carbocycles. The molecule has 0 aromatic heterocycles. The first-order valence-corrected chi connectivity index (χ1v) is 10.8. The van der Waals surface area contributed by atoms with E-state index in [-0.39, 0.29) is 17.2 Å². The Kier molecular flexibility index (Phi) is 6.32. The highest BCUT2D eigenvalue weighted by Gasteiger charge is 2.21. The molecule has 0 unspecified atom stereocenters. The molecule has 0 radical (unpaired) electrons. The van der Waals surface area contributed by atoms with Crippen molar-refractivity contribution in [3.63, 3.8) is 0 Å². The minimum Gasteiger partial charge on any atom is -0.478 e. The summed E-state index contributed by atoms with van der Waals surface area (Å²) in [5.41, 5.74) is 3.78. The van der Waals surface area contributed by atoms with E-state index in [1.165, 1.54) is 0 Å². The number of nitrogens with zero attached hydrogens (tertiary/aromatic N) is 2. The first-order valence-electron chi connectivity index (χ1n) is 10.4. The lowest BCUT2D eigenvalue weighted by molar-refractivity contribution is 0.0698. The monoisotopic (exact) mass is 449 g/mol. The molecule has 7 heteroatoms. The van der Waals surface area contributed by atoms with Gasteiger partial charge in [0.1, 0.15) is 0 Å². The summed E-state index contributed by atoms with van der Waals surface area (Å²) in [5.74, 6) is -1.42. The maximum absolute atomic E-state index is 12.6. The Morgan fingerprint density at radius 2 is 1.50 bits per heavy atom. The molecule has 1 fully saturated rings. The Hall–Kier alpha value is -3.51. The van der Waals surface area contributed by atoms with E-state index in [1.807, 2.05) is 49.4 Å². The first kappa shape index (κ1) is 21.7. The molecule has 1 aliphatic rings. The summed E-state index contributed by atoms with van der Waals surface area (Å²) in [4.78, 5) is 28.9. The van der Waals surface area contributed by atoms with Crippen LogP contribution in [0.4, 0.5) is 17.1 Å². The summed E-state index contributed by atoms with van der Waals surface area (Å²) in [6.07, 6.45) is 0. The molecule has 164 valence electrons. The van der Waals surface area contributed by atoms with Gasteiger partial charge in [0.15, 0.2) is 0 Å². The van der Waals surface area contributed by atoms with Gasteiger partial charge in [-0.25, -0.2) is 4.79 Å². The fourth-order valence-corrected chi connectivity index (χ4v) is 3.99. The number of piperazine rings is 1. The van der Waals surface area contributed by atoms with Gasteiger partial charge in [-0.1, -0.05) is 35.4 Å². The van der Waals surface area contributed by atoms with Crippen molar-refractivity contribution in [2.24, 2.45) is 0 Å². The van der Waals surface area contributed by atoms with Crippen LogP contribution < -0.4 is 15.1 Å². The van der Waals surface area contributed by atoms with Crippen molar-refractivity contribution in [1.82, 2.24) is 0 Å². The topological polar surface area (TPSA) is 72.9 Å². The standard InChI is InChI=1S/C25H24ClN3O3/c1-17-5-7-18(8-6-17)24(30)27-23-10-9-21(16-22(23)25(31)32)29-13-11-28(12-14-29)20-4-2-3-19(26)15-20/h2-10,15-16H,11-14H2,1H3,(H,27,30)(H,31,32). The first-order chi connectivity index (χ1) is 15.4. The zero-order valence-corrected chi connectivity index (χ0v) is 18.5. The van der Waals surface area contributed by atoms with Crippen LogP contribution in [0, 0.1) is 6.92 Å². The summed E-state index contributed by atoms with van der Waals surface area (Å²) in [5, 5.41) is 13.2. The normalized spacial score (nSPS) is 13.7. The quantitative estimate of drug-likeness (QED) is 0.578. The van der Waals surface area contributed by atoms with Gasteiger partial charge in [0.25, 0.3) is 5.91 Å². The zero-order valence-electron chi connectivity index (χ0n) is 17.7. The molecule has 0 bridgehead atoms. The van der Waals surface area contributed by atoms with Gasteiger partial charge in [0.2, 0.25) is 0 Å². The van der Waals surface area contributed by atoms with Gasteiger partial charge in [-0.05, 0) is 55.5 Å². The van der Waals surface area contributed by atoms with E-state index in [0.717, 1.165) is 43.1 Å². The van der Waals surface area contributed by atoms with Crippen molar-refractivity contribution >= 4 is 40.5 Å². The molecular formula is C25H24ClN3O3. The van der Waals surface area contributed by atoms with Crippen molar-refractivity contribution in [1.29, 1.82) is 0 Å². The van der Waals surface area contributed by atoms with Gasteiger partial charge in [0, 0.05) is 48.1 Å². The maximum atomic E-state index is 12.6. The smallest absolute Gasteiger partial charge is 0.337 e. The summed E-state index contributed by atoms with van der Waals surface area (Å²) in [6.45, 7) is 5.04. The van der Waals surface area contributed by atoms with Crippen molar-refractivity contribution < 1.29 is 14.7 Å². The number of hydrogen-bond acceptors (Lipinski definition) is 4. The molecular weight excluding hydrogens is 426 g/mol. The van der Waals surface area contributed by atoms with Crippen LogP contribution in [0.5, 0.6) is 0 Å². The van der Waals surface area contributed by atoms with Crippen molar-refractivity contribution in [2.45, 2.75) is 6.92 Å². The number of carbonyl (C=O) groups is 2. The second-order valence-electron chi connectivity index (χ2n) is 7.81. The second-order valence-corrected chi connectivity index (χ2v) is 8.25. The Morgan fingerprint density at radius 1 is 0.875 bits per heavy atom. The van der Waals surface area contributed by atoms with E-state index >= 15 is 0 Å². The number of anilines is 3. The number of benzene rings is 3. The van der Waals surface area contributed by atoms with Gasteiger partial charge in [-0.2, -0.15) is 0 Å². The fraction of sp³-hybridized carbons (Fsp3) is 0.200. The summed E-state index contributed by atoms with van der Waals surface area (Å²) in [7, 11) is 0. The third-order valence-corrected chi connectivity index (χ3v) is 5.85. The summed E-state index contributed by atoms with van der Waals surface area (Å²) >= 11 is 6.11. The number of hydrogen-bond donors (Lipinski definition) is 2. The largest absolute Gasteiger partial charge is 0.478 e. The minimum atomic E-state index is -1.08. The molecule has 0 spiro atoms. The number of halogens is 1. The minimum absolute atomic E-state index is 0.0697. The molecule has 2 N–H and O–H groups in total. The summed E-state index contributed by atoms with van der Waals surface area (Å²) < 4.78 is 0. The molecule has 3 aromatic rings. The number of amides is 1. The molecule has 1 aliphatic heterocycles. The van der Waals surface area contributed by atoms with Gasteiger partial charge < -0.3 is 20.2 Å². The number of carboxylic acid groups (broad SMARTS) is 1. The molecule has 6 nitrogen and oxygen atoms in total. The maximum Gasteiger partial charge on any atom is 0.337 e. The number of aryl methyl sites for hydroxylation is 1. The number of rotatable bonds is 5. The van der Waals surface area contributed by atoms with Crippen LogP contribution >= 0.6 is 11.6 Å². The number of aromatic carboxylic acids is 1. The predicted molar refractivity (Wildman–Crippen MR) is 128 cm³/mol. The number of nitrogens with one attached hydrogen (secondary N) is 1. The van der Waals surface area contributed by atoms with E-state index in [9.17, 15) is 14.7 Å². The molecule has 1 amide bonds. The Morgan fingerprint density at radius 3 is 2.09 bits per heavy atom. The third kappa shape index (κ3) is 4.86. The SMILES string of the molecule is Cc1ccc(C(=O)Nc2ccc(N3CCN(c4cccc(Cl)c4)CC3)cc2C(=O)O)cc1. The average molecular weight is 450 g/mol. The van der Waals surface area contributed by atoms with Crippen LogP contribution in [0.3, 0.4) is 0 Å². The highest BCUT2D eigenvalue weighted by Crippen LogP contribution is 2.27. The molecule has 0 aliphatic carbocycles. The van der Waals surface area contributed by atoms with E-state index in [4.69, 9.17) is 11.6 Å². The van der Waals surface area contributed by atoms with Gasteiger partial charge >= 0.3 is 5.97 Å². The Bertz CT molecular complexity index is 1140. The van der Waals surface area contributed by atoms with Crippen LogP contribution in [-0.2, 0) is 0 Å². The fourth-order valence-electron chi connectivity index (χ4n) is 3.81. The van der Waals surface area contributed by atoms with E-state index in [1.54, 1.807) is 24.3 Å². The lowest BCUT2D eigenvalue weighted by Gasteiger charge is -2.37. The van der Waals surface area contributed by atoms with Gasteiger partial charge in [-0.15, -0.1) is 0 Å².